The second-order valence-electron chi connectivity index (χ2n) is 7.03. The van der Waals surface area contributed by atoms with Gasteiger partial charge in [0.25, 0.3) is 8.32 Å². The Hall–Kier alpha value is -1.00. The third kappa shape index (κ3) is 4.25. The number of rotatable bonds is 5. The lowest BCUT2D eigenvalue weighted by atomic mass is 10.1. The van der Waals surface area contributed by atoms with E-state index in [1.54, 1.807) is 7.11 Å². The first-order valence-electron chi connectivity index (χ1n) is 7.18. The lowest BCUT2D eigenvalue weighted by molar-refractivity contribution is 0.385. The lowest BCUT2D eigenvalue weighted by Crippen LogP contribution is -2.44. The molecular formula is C16H29NO2Si. The summed E-state index contributed by atoms with van der Waals surface area (Å²) in [5.74, 6) is 1.64. The molecule has 0 amide bonds. The van der Waals surface area contributed by atoms with Gasteiger partial charge in [-0.15, -0.1) is 0 Å². The molecule has 0 fully saturated rings. The molecule has 0 aliphatic carbocycles. The van der Waals surface area contributed by atoms with E-state index in [1.165, 1.54) is 5.56 Å². The second kappa shape index (κ2) is 6.18. The van der Waals surface area contributed by atoms with Gasteiger partial charge in [-0.1, -0.05) is 26.8 Å². The van der Waals surface area contributed by atoms with Crippen molar-refractivity contribution in [3.63, 3.8) is 0 Å². The van der Waals surface area contributed by atoms with Crippen molar-refractivity contribution in [2.24, 2.45) is 5.73 Å². The average molecular weight is 295 g/mol. The van der Waals surface area contributed by atoms with Crippen molar-refractivity contribution in [3.8, 4) is 11.5 Å². The minimum absolute atomic E-state index is 0.143. The fourth-order valence-corrected chi connectivity index (χ4v) is 2.74. The molecule has 0 bridgehead atoms. The summed E-state index contributed by atoms with van der Waals surface area (Å²) in [6.07, 6.45) is 0.845. The smallest absolute Gasteiger partial charge is 0.250 e. The molecule has 4 heteroatoms. The summed E-state index contributed by atoms with van der Waals surface area (Å²) >= 11 is 0. The number of hydrogen-bond donors (Lipinski definition) is 1. The molecule has 0 saturated heterocycles. The fourth-order valence-electron chi connectivity index (χ4n) is 1.73. The van der Waals surface area contributed by atoms with E-state index in [1.807, 2.05) is 13.0 Å². The Kier molecular flexibility index (Phi) is 5.27. The summed E-state index contributed by atoms with van der Waals surface area (Å²) in [6.45, 7) is 13.2. The van der Waals surface area contributed by atoms with Crippen LogP contribution in [-0.2, 0) is 6.42 Å². The molecule has 2 N–H and O–H groups in total. The number of benzene rings is 1. The number of methoxy groups -OCH3 is 1. The number of hydrogen-bond acceptors (Lipinski definition) is 3. The summed E-state index contributed by atoms with van der Waals surface area (Å²) in [7, 11) is -0.188. The minimum Gasteiger partial charge on any atom is -0.541 e. The zero-order valence-corrected chi connectivity index (χ0v) is 14.9. The van der Waals surface area contributed by atoms with Crippen molar-refractivity contribution in [1.29, 1.82) is 0 Å². The van der Waals surface area contributed by atoms with E-state index < -0.39 is 8.32 Å². The highest BCUT2D eigenvalue weighted by atomic mass is 28.4. The van der Waals surface area contributed by atoms with Gasteiger partial charge in [-0.3, -0.25) is 0 Å². The summed E-state index contributed by atoms with van der Waals surface area (Å²) in [5.41, 5.74) is 7.07. The van der Waals surface area contributed by atoms with Gasteiger partial charge in [-0.05, 0) is 49.2 Å². The zero-order chi connectivity index (χ0) is 15.6. The van der Waals surface area contributed by atoms with Gasteiger partial charge in [0.1, 0.15) is 5.75 Å². The normalized spacial score (nSPS) is 14.0. The maximum atomic E-state index is 6.38. The van der Waals surface area contributed by atoms with Gasteiger partial charge in [0.15, 0.2) is 5.75 Å². The van der Waals surface area contributed by atoms with Gasteiger partial charge < -0.3 is 14.9 Å². The highest BCUT2D eigenvalue weighted by Gasteiger charge is 2.39. The van der Waals surface area contributed by atoms with E-state index in [0.717, 1.165) is 17.9 Å². The monoisotopic (exact) mass is 295 g/mol. The molecule has 1 atom stereocenters. The lowest BCUT2D eigenvalue weighted by Gasteiger charge is -2.36. The van der Waals surface area contributed by atoms with E-state index in [9.17, 15) is 0 Å². The first-order valence-corrected chi connectivity index (χ1v) is 10.1. The van der Waals surface area contributed by atoms with Crippen molar-refractivity contribution < 1.29 is 9.16 Å². The highest BCUT2D eigenvalue weighted by molar-refractivity contribution is 6.74. The first kappa shape index (κ1) is 17.0. The number of ether oxygens (including phenoxy) is 1. The third-order valence-corrected chi connectivity index (χ3v) is 8.30. The molecule has 1 aromatic rings. The highest BCUT2D eigenvalue weighted by Crippen LogP contribution is 2.40. The van der Waals surface area contributed by atoms with Crippen LogP contribution in [0.4, 0.5) is 0 Å². The Bertz CT molecular complexity index is 450. The predicted octanol–water partition coefficient (Wildman–Crippen LogP) is 3.97. The molecule has 0 spiro atoms. The van der Waals surface area contributed by atoms with Crippen LogP contribution < -0.4 is 14.9 Å². The Morgan fingerprint density at radius 3 is 2.25 bits per heavy atom. The Labute approximate surface area is 124 Å². The van der Waals surface area contributed by atoms with Gasteiger partial charge in [-0.2, -0.15) is 0 Å². The van der Waals surface area contributed by atoms with E-state index in [4.69, 9.17) is 14.9 Å². The van der Waals surface area contributed by atoms with E-state index in [0.29, 0.717) is 0 Å². The van der Waals surface area contributed by atoms with Gasteiger partial charge >= 0.3 is 0 Å². The van der Waals surface area contributed by atoms with Crippen LogP contribution >= 0.6 is 0 Å². The minimum atomic E-state index is -1.87. The van der Waals surface area contributed by atoms with Gasteiger partial charge in [0.05, 0.1) is 7.11 Å². The molecule has 1 aromatic carbocycles. The second-order valence-corrected chi connectivity index (χ2v) is 11.8. The average Bonchev–Trinajstić information content (AvgIpc) is 2.26. The van der Waals surface area contributed by atoms with Crippen LogP contribution in [-0.4, -0.2) is 21.5 Å². The molecule has 0 aromatic heterocycles. The van der Waals surface area contributed by atoms with Crippen LogP contribution in [0, 0.1) is 0 Å². The molecule has 114 valence electrons. The molecule has 3 nitrogen and oxygen atoms in total. The largest absolute Gasteiger partial charge is 0.541 e. The van der Waals surface area contributed by atoms with Crippen molar-refractivity contribution in [1.82, 2.24) is 0 Å². The first-order chi connectivity index (χ1) is 9.06. The Balaban J connectivity index is 3.08. The standard InChI is InChI=1S/C16H29NO2Si/c1-12(17)10-13-8-9-14(18-5)15(11-13)19-20(6,7)16(2,3)4/h8-9,11-12H,10,17H2,1-7H3. The van der Waals surface area contributed by atoms with Crippen molar-refractivity contribution >= 4 is 8.32 Å². The summed E-state index contributed by atoms with van der Waals surface area (Å²) in [6, 6.07) is 6.24. The van der Waals surface area contributed by atoms with Crippen LogP contribution in [0.5, 0.6) is 11.5 Å². The van der Waals surface area contributed by atoms with E-state index in [2.05, 4.69) is 46.0 Å². The zero-order valence-electron chi connectivity index (χ0n) is 13.9. The molecule has 1 rings (SSSR count). The Morgan fingerprint density at radius 1 is 1.20 bits per heavy atom. The van der Waals surface area contributed by atoms with Crippen LogP contribution in [0.15, 0.2) is 18.2 Å². The number of nitrogens with two attached hydrogens (primary N) is 1. The maximum absolute atomic E-state index is 6.38. The summed E-state index contributed by atoms with van der Waals surface area (Å²) in [5, 5.41) is 0.162. The summed E-state index contributed by atoms with van der Waals surface area (Å²) < 4.78 is 11.8. The van der Waals surface area contributed by atoms with Gasteiger partial charge in [0, 0.05) is 6.04 Å². The molecule has 1 unspecified atom stereocenters. The topological polar surface area (TPSA) is 44.5 Å². The Morgan fingerprint density at radius 2 is 1.80 bits per heavy atom. The SMILES string of the molecule is COc1ccc(CC(C)N)cc1O[Si](C)(C)C(C)(C)C. The molecule has 0 heterocycles. The van der Waals surface area contributed by atoms with E-state index >= 15 is 0 Å². The molecule has 0 radical (unpaired) electrons. The van der Waals surface area contributed by atoms with Crippen LogP contribution in [0.25, 0.3) is 0 Å². The molecule has 0 saturated carbocycles. The van der Waals surface area contributed by atoms with E-state index in [-0.39, 0.29) is 11.1 Å². The molecular weight excluding hydrogens is 266 g/mol. The van der Waals surface area contributed by atoms with Crippen LogP contribution in [0.2, 0.25) is 18.1 Å². The molecule has 20 heavy (non-hydrogen) atoms. The third-order valence-electron chi connectivity index (χ3n) is 3.96. The van der Waals surface area contributed by atoms with Crippen molar-refractivity contribution in [2.75, 3.05) is 7.11 Å². The predicted molar refractivity (Wildman–Crippen MR) is 88.2 cm³/mol. The van der Waals surface area contributed by atoms with Gasteiger partial charge in [-0.25, -0.2) is 0 Å². The van der Waals surface area contributed by atoms with Gasteiger partial charge in [0.2, 0.25) is 0 Å². The quantitative estimate of drug-likeness (QED) is 0.836. The molecule has 0 aliphatic rings. The van der Waals surface area contributed by atoms with Crippen LogP contribution in [0.3, 0.4) is 0 Å². The fraction of sp³-hybridized carbons (Fsp3) is 0.625. The summed E-state index contributed by atoms with van der Waals surface area (Å²) in [4.78, 5) is 0. The van der Waals surface area contributed by atoms with Crippen LogP contribution in [0.1, 0.15) is 33.3 Å². The van der Waals surface area contributed by atoms with Crippen molar-refractivity contribution in [2.45, 2.75) is 58.3 Å². The maximum Gasteiger partial charge on any atom is 0.250 e. The molecule has 0 aliphatic heterocycles. The van der Waals surface area contributed by atoms with Crippen molar-refractivity contribution in [3.05, 3.63) is 23.8 Å².